The number of rotatable bonds is 7. The molecular weight excluding hydrogens is 186 g/mol. The van der Waals surface area contributed by atoms with E-state index >= 15 is 0 Å². The number of ether oxygens (including phenoxy) is 2. The van der Waals surface area contributed by atoms with Crippen molar-refractivity contribution >= 4 is 0 Å². The van der Waals surface area contributed by atoms with Crippen molar-refractivity contribution in [3.8, 4) is 0 Å². The van der Waals surface area contributed by atoms with Gasteiger partial charge in [0.2, 0.25) is 6.41 Å². The molecule has 0 aromatic rings. The quantitative estimate of drug-likeness (QED) is 0.400. The van der Waals surface area contributed by atoms with Crippen LogP contribution in [0.1, 0.15) is 20.3 Å². The van der Waals surface area contributed by atoms with Crippen molar-refractivity contribution in [2.24, 2.45) is 5.73 Å². The third-order valence-corrected chi connectivity index (χ3v) is 1.65. The Labute approximate surface area is 84.1 Å². The molecule has 14 heavy (non-hydrogen) atoms. The Hall–Kier alpha value is -0.460. The first-order valence-electron chi connectivity index (χ1n) is 4.51. The fourth-order valence-electron chi connectivity index (χ4n) is 0.791. The molecule has 0 aliphatic rings. The molecule has 0 aliphatic heterocycles. The topological polar surface area (TPSA) is 84.9 Å². The highest BCUT2D eigenvalue weighted by molar-refractivity contribution is 4.91. The lowest BCUT2D eigenvalue weighted by Crippen LogP contribution is -2.32. The van der Waals surface area contributed by atoms with Gasteiger partial charge in [0.15, 0.2) is 6.29 Å². The number of nitrogens with two attached hydrogens (primary N) is 1. The molecule has 0 saturated carbocycles. The van der Waals surface area contributed by atoms with Gasteiger partial charge in [-0.3, -0.25) is 5.73 Å². The van der Waals surface area contributed by atoms with E-state index in [1.165, 1.54) is 0 Å². The summed E-state index contributed by atoms with van der Waals surface area (Å²) in [6.07, 6.45) is -2.01. The SMILES string of the molecule is C=C(C)C(O)OC[C@@H](CC)OC(N)O. The fourth-order valence-corrected chi connectivity index (χ4v) is 0.791. The zero-order chi connectivity index (χ0) is 11.1. The van der Waals surface area contributed by atoms with E-state index in [9.17, 15) is 5.11 Å². The van der Waals surface area contributed by atoms with Crippen LogP contribution in [-0.2, 0) is 9.47 Å². The van der Waals surface area contributed by atoms with Crippen LogP contribution in [0.4, 0.5) is 0 Å². The summed E-state index contributed by atoms with van der Waals surface area (Å²) in [6.45, 7) is 7.22. The van der Waals surface area contributed by atoms with Gasteiger partial charge >= 0.3 is 0 Å². The Kier molecular flexibility index (Phi) is 6.69. The van der Waals surface area contributed by atoms with E-state index in [1.54, 1.807) is 6.92 Å². The Morgan fingerprint density at radius 3 is 2.43 bits per heavy atom. The minimum atomic E-state index is -1.31. The van der Waals surface area contributed by atoms with Crippen LogP contribution in [0, 0.1) is 0 Å². The molecule has 0 amide bonds. The molecule has 3 atom stereocenters. The Morgan fingerprint density at radius 2 is 2.07 bits per heavy atom. The predicted molar refractivity (Wildman–Crippen MR) is 52.1 cm³/mol. The molecule has 0 aliphatic carbocycles. The van der Waals surface area contributed by atoms with Gasteiger partial charge in [-0.15, -0.1) is 0 Å². The second kappa shape index (κ2) is 6.92. The lowest BCUT2D eigenvalue weighted by Gasteiger charge is -2.20. The molecule has 0 aromatic carbocycles. The molecule has 0 heterocycles. The highest BCUT2D eigenvalue weighted by Crippen LogP contribution is 2.05. The van der Waals surface area contributed by atoms with Crippen molar-refractivity contribution < 1.29 is 19.7 Å². The van der Waals surface area contributed by atoms with Crippen molar-refractivity contribution in [3.05, 3.63) is 12.2 Å². The molecule has 0 radical (unpaired) electrons. The maximum absolute atomic E-state index is 9.23. The van der Waals surface area contributed by atoms with Gasteiger partial charge in [-0.25, -0.2) is 0 Å². The Bertz CT molecular complexity index is 172. The molecule has 5 nitrogen and oxygen atoms in total. The average Bonchev–Trinajstić information content (AvgIpc) is 2.10. The van der Waals surface area contributed by atoms with Crippen LogP contribution in [0.25, 0.3) is 0 Å². The molecule has 0 bridgehead atoms. The van der Waals surface area contributed by atoms with E-state index in [4.69, 9.17) is 20.3 Å². The maximum Gasteiger partial charge on any atom is 0.211 e. The minimum Gasteiger partial charge on any atom is -0.364 e. The second-order valence-electron chi connectivity index (χ2n) is 3.09. The lowest BCUT2D eigenvalue weighted by atomic mass is 10.3. The molecule has 84 valence electrons. The van der Waals surface area contributed by atoms with E-state index in [0.29, 0.717) is 12.0 Å². The largest absolute Gasteiger partial charge is 0.364 e. The van der Waals surface area contributed by atoms with E-state index in [2.05, 4.69) is 6.58 Å². The van der Waals surface area contributed by atoms with Crippen molar-refractivity contribution in [2.75, 3.05) is 6.61 Å². The van der Waals surface area contributed by atoms with Crippen molar-refractivity contribution in [3.63, 3.8) is 0 Å². The van der Waals surface area contributed by atoms with Gasteiger partial charge in [-0.1, -0.05) is 13.5 Å². The third-order valence-electron chi connectivity index (χ3n) is 1.65. The number of aliphatic hydroxyl groups is 2. The predicted octanol–water partition coefficient (Wildman–Crippen LogP) is -0.0727. The Morgan fingerprint density at radius 1 is 1.50 bits per heavy atom. The van der Waals surface area contributed by atoms with Gasteiger partial charge in [0.1, 0.15) is 0 Å². The number of hydrogen-bond donors (Lipinski definition) is 3. The molecular formula is C9H19NO4. The molecule has 4 N–H and O–H groups in total. The van der Waals surface area contributed by atoms with Gasteiger partial charge in [0, 0.05) is 0 Å². The van der Waals surface area contributed by atoms with Crippen LogP contribution < -0.4 is 5.73 Å². The van der Waals surface area contributed by atoms with Crippen molar-refractivity contribution in [1.82, 2.24) is 0 Å². The summed E-state index contributed by atoms with van der Waals surface area (Å²) < 4.78 is 9.92. The fraction of sp³-hybridized carbons (Fsp3) is 0.778. The summed E-state index contributed by atoms with van der Waals surface area (Å²) in [6, 6.07) is 0. The van der Waals surface area contributed by atoms with Crippen molar-refractivity contribution in [2.45, 2.75) is 39.1 Å². The van der Waals surface area contributed by atoms with Gasteiger partial charge < -0.3 is 19.7 Å². The molecule has 2 unspecified atom stereocenters. The number of aliphatic hydroxyl groups excluding tert-OH is 2. The van der Waals surface area contributed by atoms with Crippen LogP contribution in [0.5, 0.6) is 0 Å². The Balaban J connectivity index is 3.77. The van der Waals surface area contributed by atoms with Crippen LogP contribution >= 0.6 is 0 Å². The van der Waals surface area contributed by atoms with E-state index in [1.807, 2.05) is 6.92 Å². The average molecular weight is 205 g/mol. The van der Waals surface area contributed by atoms with Crippen LogP contribution in [-0.4, -0.2) is 35.6 Å². The second-order valence-corrected chi connectivity index (χ2v) is 3.09. The summed E-state index contributed by atoms with van der Waals surface area (Å²) >= 11 is 0. The van der Waals surface area contributed by atoms with Gasteiger partial charge in [-0.05, 0) is 18.9 Å². The highest BCUT2D eigenvalue weighted by Gasteiger charge is 2.13. The highest BCUT2D eigenvalue weighted by atomic mass is 16.7. The summed E-state index contributed by atoms with van der Waals surface area (Å²) in [4.78, 5) is 0. The standard InChI is InChI=1S/C9H19NO4/c1-4-7(14-9(10)12)5-13-8(11)6(2)3/h7-9,11-12H,2,4-5,10H2,1,3H3/t7-,8?,9?/m1/s1. The zero-order valence-corrected chi connectivity index (χ0v) is 8.64. The normalized spacial score (nSPS) is 17.5. The van der Waals surface area contributed by atoms with E-state index in [0.717, 1.165) is 0 Å². The molecule has 0 saturated heterocycles. The van der Waals surface area contributed by atoms with E-state index in [-0.39, 0.29) is 12.7 Å². The third kappa shape index (κ3) is 6.06. The summed E-state index contributed by atoms with van der Waals surface area (Å²) in [5.41, 5.74) is 5.55. The van der Waals surface area contributed by atoms with E-state index < -0.39 is 12.7 Å². The monoisotopic (exact) mass is 205 g/mol. The van der Waals surface area contributed by atoms with Crippen LogP contribution in [0.2, 0.25) is 0 Å². The minimum absolute atomic E-state index is 0.165. The first kappa shape index (κ1) is 13.5. The first-order valence-corrected chi connectivity index (χ1v) is 4.51. The summed E-state index contributed by atoms with van der Waals surface area (Å²) in [7, 11) is 0. The molecule has 0 spiro atoms. The zero-order valence-electron chi connectivity index (χ0n) is 8.64. The molecule has 0 fully saturated rings. The summed E-state index contributed by atoms with van der Waals surface area (Å²) in [5, 5.41) is 18.0. The molecule has 0 aromatic heterocycles. The van der Waals surface area contributed by atoms with Crippen molar-refractivity contribution in [1.29, 1.82) is 0 Å². The van der Waals surface area contributed by atoms with Crippen LogP contribution in [0.15, 0.2) is 12.2 Å². The molecule has 0 rings (SSSR count). The maximum atomic E-state index is 9.23. The van der Waals surface area contributed by atoms with Gasteiger partial charge in [0.05, 0.1) is 12.7 Å². The van der Waals surface area contributed by atoms with Gasteiger partial charge in [-0.2, -0.15) is 0 Å². The summed E-state index contributed by atoms with van der Waals surface area (Å²) in [5.74, 6) is 0. The van der Waals surface area contributed by atoms with Crippen LogP contribution in [0.3, 0.4) is 0 Å². The smallest absolute Gasteiger partial charge is 0.211 e. The van der Waals surface area contributed by atoms with Gasteiger partial charge in [0.25, 0.3) is 0 Å². The first-order chi connectivity index (χ1) is 6.47. The number of hydrogen-bond acceptors (Lipinski definition) is 5. The lowest BCUT2D eigenvalue weighted by molar-refractivity contribution is -0.171. The molecule has 5 heteroatoms.